The van der Waals surface area contributed by atoms with Gasteiger partial charge in [0.2, 0.25) is 0 Å². The highest BCUT2D eigenvalue weighted by atomic mass is 32.2. The molecule has 0 aliphatic heterocycles. The van der Waals surface area contributed by atoms with Crippen molar-refractivity contribution in [3.05, 3.63) is 84.4 Å². The number of methoxy groups -OCH3 is 1. The first-order valence-electron chi connectivity index (χ1n) is 10.4. The van der Waals surface area contributed by atoms with Crippen molar-refractivity contribution < 1.29 is 19.4 Å². The lowest BCUT2D eigenvalue weighted by atomic mass is 10.1. The quantitative estimate of drug-likeness (QED) is 0.221. The lowest BCUT2D eigenvalue weighted by Crippen LogP contribution is -2.12. The van der Waals surface area contributed by atoms with E-state index in [0.29, 0.717) is 34.6 Å². The lowest BCUT2D eigenvalue weighted by molar-refractivity contribution is -0.131. The van der Waals surface area contributed by atoms with E-state index in [-0.39, 0.29) is 11.5 Å². The molecule has 0 bridgehead atoms. The Kier molecular flexibility index (Phi) is 7.26. The molecule has 0 saturated heterocycles. The number of aromatic hydroxyl groups is 1. The van der Waals surface area contributed by atoms with E-state index in [9.17, 15) is 9.90 Å². The third kappa shape index (κ3) is 5.72. The van der Waals surface area contributed by atoms with Gasteiger partial charge in [0.1, 0.15) is 17.2 Å². The number of hydrogen-bond donors (Lipinski definition) is 1. The van der Waals surface area contributed by atoms with Crippen LogP contribution in [-0.2, 0) is 17.8 Å². The second kappa shape index (κ2) is 10.7. The maximum absolute atomic E-state index is 12.4. The van der Waals surface area contributed by atoms with E-state index in [1.54, 1.807) is 49.6 Å². The normalized spacial score (nSPS) is 10.7. The van der Waals surface area contributed by atoms with Crippen LogP contribution in [0.15, 0.2) is 84.0 Å². The fraction of sp³-hybridized carbons (Fsp3) is 0.160. The molecule has 1 aromatic heterocycles. The topological polar surface area (TPSA) is 86.5 Å². The Morgan fingerprint density at radius 1 is 0.970 bits per heavy atom. The van der Waals surface area contributed by atoms with Crippen molar-refractivity contribution >= 4 is 17.7 Å². The summed E-state index contributed by atoms with van der Waals surface area (Å²) in [6.45, 7) is 0.591. The Morgan fingerprint density at radius 3 is 2.52 bits per heavy atom. The Bertz CT molecular complexity index is 1230. The summed E-state index contributed by atoms with van der Waals surface area (Å²) in [7, 11) is 1.56. The second-order valence-corrected chi connectivity index (χ2v) is 8.09. The zero-order valence-electron chi connectivity index (χ0n) is 18.0. The number of aryl methyl sites for hydroxylation is 1. The van der Waals surface area contributed by atoms with Gasteiger partial charge in [0.25, 0.3) is 0 Å². The smallest absolute Gasteiger partial charge is 0.321 e. The Balaban J connectivity index is 1.51. The van der Waals surface area contributed by atoms with Crippen molar-refractivity contribution in [1.29, 1.82) is 0 Å². The van der Waals surface area contributed by atoms with Gasteiger partial charge in [0.05, 0.1) is 18.4 Å². The number of hydrogen-bond acceptors (Lipinski definition) is 7. The molecule has 0 aliphatic rings. The molecule has 0 saturated carbocycles. The van der Waals surface area contributed by atoms with Gasteiger partial charge in [-0.05, 0) is 36.2 Å². The number of rotatable bonds is 9. The van der Waals surface area contributed by atoms with Crippen LogP contribution >= 0.6 is 11.8 Å². The van der Waals surface area contributed by atoms with Crippen molar-refractivity contribution in [2.75, 3.05) is 12.9 Å². The maximum atomic E-state index is 12.4. The molecule has 0 unspecified atom stereocenters. The third-order valence-electron chi connectivity index (χ3n) is 4.92. The summed E-state index contributed by atoms with van der Waals surface area (Å²) >= 11 is 1.24. The molecule has 4 aromatic rings. The van der Waals surface area contributed by atoms with E-state index in [0.717, 1.165) is 6.42 Å². The molecule has 4 rings (SSSR count). The van der Waals surface area contributed by atoms with Crippen LogP contribution in [0.4, 0.5) is 0 Å². The molecular formula is C25H23N3O4S. The number of ether oxygens (including phenoxy) is 2. The van der Waals surface area contributed by atoms with E-state index < -0.39 is 5.97 Å². The number of nitrogens with zero attached hydrogens (tertiary/aromatic N) is 3. The fourth-order valence-corrected chi connectivity index (χ4v) is 4.03. The first-order chi connectivity index (χ1) is 16.1. The molecule has 0 radical (unpaired) electrons. The minimum atomic E-state index is -0.407. The summed E-state index contributed by atoms with van der Waals surface area (Å²) in [5, 5.41) is 19.5. The number of para-hydroxylation sites is 1. The van der Waals surface area contributed by atoms with Gasteiger partial charge in [0.15, 0.2) is 11.0 Å². The monoisotopic (exact) mass is 461 g/mol. The van der Waals surface area contributed by atoms with Gasteiger partial charge in [-0.3, -0.25) is 4.79 Å². The molecule has 33 heavy (non-hydrogen) atoms. The summed E-state index contributed by atoms with van der Waals surface area (Å²) < 4.78 is 12.5. The molecule has 0 aliphatic carbocycles. The number of carbonyl (C=O) groups is 1. The molecule has 168 valence electrons. The zero-order chi connectivity index (χ0) is 23.0. The Hall–Kier alpha value is -3.78. The number of carbonyl (C=O) groups excluding carboxylic acids is 1. The zero-order valence-corrected chi connectivity index (χ0v) is 18.9. The van der Waals surface area contributed by atoms with E-state index >= 15 is 0 Å². The number of benzene rings is 3. The van der Waals surface area contributed by atoms with E-state index in [1.165, 1.54) is 17.3 Å². The molecule has 0 spiro atoms. The van der Waals surface area contributed by atoms with Crippen LogP contribution in [0.1, 0.15) is 5.56 Å². The average molecular weight is 462 g/mol. The van der Waals surface area contributed by atoms with Crippen LogP contribution < -0.4 is 9.47 Å². The minimum Gasteiger partial charge on any atom is -0.507 e. The van der Waals surface area contributed by atoms with Crippen LogP contribution in [0.5, 0.6) is 17.2 Å². The van der Waals surface area contributed by atoms with E-state index in [4.69, 9.17) is 9.47 Å². The first kappa shape index (κ1) is 22.4. The molecule has 8 heteroatoms. The van der Waals surface area contributed by atoms with Crippen molar-refractivity contribution in [1.82, 2.24) is 14.8 Å². The highest BCUT2D eigenvalue weighted by Crippen LogP contribution is 2.30. The Labute approximate surface area is 196 Å². The van der Waals surface area contributed by atoms with Crippen molar-refractivity contribution in [2.24, 2.45) is 0 Å². The number of aromatic nitrogens is 3. The molecular weight excluding hydrogens is 438 g/mol. The summed E-state index contributed by atoms with van der Waals surface area (Å²) in [4.78, 5) is 12.4. The van der Waals surface area contributed by atoms with Gasteiger partial charge in [-0.15, -0.1) is 10.2 Å². The van der Waals surface area contributed by atoms with E-state index in [2.05, 4.69) is 22.3 Å². The average Bonchev–Trinajstić information content (AvgIpc) is 3.25. The summed E-state index contributed by atoms with van der Waals surface area (Å²) in [6.07, 6.45) is 0.751. The van der Waals surface area contributed by atoms with Crippen molar-refractivity contribution in [3.63, 3.8) is 0 Å². The van der Waals surface area contributed by atoms with Crippen LogP contribution in [0.3, 0.4) is 0 Å². The third-order valence-corrected chi connectivity index (χ3v) is 5.86. The first-order valence-corrected chi connectivity index (χ1v) is 11.4. The maximum Gasteiger partial charge on any atom is 0.321 e. The number of phenols is 1. The van der Waals surface area contributed by atoms with Gasteiger partial charge in [0, 0.05) is 12.6 Å². The summed E-state index contributed by atoms with van der Waals surface area (Å²) in [5.41, 5.74) is 1.76. The lowest BCUT2D eigenvalue weighted by Gasteiger charge is -2.11. The predicted octanol–water partition coefficient (Wildman–Crippen LogP) is 4.60. The van der Waals surface area contributed by atoms with Crippen LogP contribution in [0.2, 0.25) is 0 Å². The minimum absolute atomic E-state index is 0.0570. The highest BCUT2D eigenvalue weighted by Gasteiger charge is 2.18. The molecule has 0 atom stereocenters. The van der Waals surface area contributed by atoms with Gasteiger partial charge in [-0.2, -0.15) is 0 Å². The largest absolute Gasteiger partial charge is 0.507 e. The summed E-state index contributed by atoms with van der Waals surface area (Å²) in [5.74, 6) is 1.35. The van der Waals surface area contributed by atoms with Crippen LogP contribution in [0, 0.1) is 0 Å². The Morgan fingerprint density at radius 2 is 1.73 bits per heavy atom. The SMILES string of the molecule is COc1cccc(OC(=O)CSc2nnc(-c3ccccc3O)n2CCc2ccccc2)c1. The van der Waals surface area contributed by atoms with E-state index in [1.807, 2.05) is 28.8 Å². The molecule has 1 heterocycles. The summed E-state index contributed by atoms with van der Waals surface area (Å²) in [6, 6.07) is 24.0. The van der Waals surface area contributed by atoms with Crippen LogP contribution in [0.25, 0.3) is 11.4 Å². The molecule has 0 fully saturated rings. The highest BCUT2D eigenvalue weighted by molar-refractivity contribution is 7.99. The fourth-order valence-electron chi connectivity index (χ4n) is 3.29. The molecule has 7 nitrogen and oxygen atoms in total. The number of phenolic OH excluding ortho intramolecular Hbond substituents is 1. The van der Waals surface area contributed by atoms with Gasteiger partial charge in [-0.1, -0.05) is 60.3 Å². The molecule has 0 amide bonds. The van der Waals surface area contributed by atoms with Gasteiger partial charge < -0.3 is 19.1 Å². The second-order valence-electron chi connectivity index (χ2n) is 7.15. The molecule has 1 N–H and O–H groups in total. The predicted molar refractivity (Wildman–Crippen MR) is 127 cm³/mol. The van der Waals surface area contributed by atoms with Gasteiger partial charge in [-0.25, -0.2) is 0 Å². The van der Waals surface area contributed by atoms with Gasteiger partial charge >= 0.3 is 5.97 Å². The molecule has 3 aromatic carbocycles. The van der Waals surface area contributed by atoms with Crippen molar-refractivity contribution in [2.45, 2.75) is 18.1 Å². The number of esters is 1. The van der Waals surface area contributed by atoms with Crippen LogP contribution in [-0.4, -0.2) is 38.7 Å². The van der Waals surface area contributed by atoms with Crippen molar-refractivity contribution in [3.8, 4) is 28.6 Å². The number of thioether (sulfide) groups is 1. The standard InChI is InChI=1S/C25H23N3O4S/c1-31-19-10-7-11-20(16-19)32-23(30)17-33-25-27-26-24(21-12-5-6-13-22(21)29)28(25)15-14-18-8-3-2-4-9-18/h2-13,16,29H,14-15,17H2,1H3.